The molecule has 6 rings (SSSR count). The number of carboxylic acid groups (broad SMARTS) is 2. The van der Waals surface area contributed by atoms with Crippen LogP contribution in [0.5, 0.6) is 11.5 Å². The molecule has 5 aromatic rings. The lowest BCUT2D eigenvalue weighted by molar-refractivity contribution is -0.134. The molecule has 9 nitrogen and oxygen atoms in total. The highest BCUT2D eigenvalue weighted by Crippen LogP contribution is 2.42. The van der Waals surface area contributed by atoms with Gasteiger partial charge in [-0.1, -0.05) is 109 Å². The highest BCUT2D eigenvalue weighted by molar-refractivity contribution is 6.23. The van der Waals surface area contributed by atoms with E-state index in [2.05, 4.69) is 0 Å². The van der Waals surface area contributed by atoms with Gasteiger partial charge in [0.25, 0.3) is 0 Å². The van der Waals surface area contributed by atoms with Gasteiger partial charge in [0.2, 0.25) is 0 Å². The zero-order valence-electron chi connectivity index (χ0n) is 26.2. The standard InChI is InChI=1S/C41H28O9/c42-34-19-16-25(22-31(34)38(45)46)37(26-17-20-35(43)32(23-26)39(47)48)27-18-21-36(44)33(24-27)40(49)50-41(28-10-4-1-5-11-28,29-12-6-2-7-13-29)30-14-8-3-9-15-30/h1-24,42,44H,(H,45,46)(H,47,48). The number of benzene rings is 5. The van der Waals surface area contributed by atoms with Crippen molar-refractivity contribution in [2.75, 3.05) is 0 Å². The Balaban J connectivity index is 1.56. The molecule has 0 fully saturated rings. The average molecular weight is 665 g/mol. The summed E-state index contributed by atoms with van der Waals surface area (Å²) in [4.78, 5) is 50.6. The van der Waals surface area contributed by atoms with Gasteiger partial charge in [0.1, 0.15) is 28.2 Å². The molecular formula is C41H28O9. The van der Waals surface area contributed by atoms with Gasteiger partial charge in [-0.15, -0.1) is 0 Å². The maximum atomic E-state index is 14.4. The number of esters is 1. The van der Waals surface area contributed by atoms with Gasteiger partial charge in [-0.25, -0.2) is 14.4 Å². The van der Waals surface area contributed by atoms with Crippen LogP contribution >= 0.6 is 0 Å². The monoisotopic (exact) mass is 664 g/mol. The topological polar surface area (TPSA) is 158 Å². The molecule has 0 aromatic heterocycles. The zero-order valence-corrected chi connectivity index (χ0v) is 26.2. The number of carbonyl (C=O) groups is 4. The predicted octanol–water partition coefficient (Wildman–Crippen LogP) is 6.90. The number of aromatic hydroxyl groups is 2. The molecule has 0 radical (unpaired) electrons. The normalized spacial score (nSPS) is 13.7. The Morgan fingerprint density at radius 2 is 1.02 bits per heavy atom. The number of ketones is 1. The molecule has 50 heavy (non-hydrogen) atoms. The molecule has 0 unspecified atom stereocenters. The van der Waals surface area contributed by atoms with E-state index < -0.39 is 51.9 Å². The lowest BCUT2D eigenvalue weighted by Gasteiger charge is -2.35. The van der Waals surface area contributed by atoms with E-state index in [1.165, 1.54) is 42.5 Å². The summed E-state index contributed by atoms with van der Waals surface area (Å²) in [5.41, 5.74) is 0.0972. The van der Waals surface area contributed by atoms with Gasteiger partial charge in [-0.3, -0.25) is 4.79 Å². The lowest BCUT2D eigenvalue weighted by atomic mass is 9.80. The van der Waals surface area contributed by atoms with Crippen molar-refractivity contribution in [2.45, 2.75) is 5.60 Å². The number of phenols is 2. The van der Waals surface area contributed by atoms with E-state index in [0.717, 1.165) is 12.2 Å². The Kier molecular flexibility index (Phi) is 8.97. The molecule has 4 N–H and O–H groups in total. The molecule has 246 valence electrons. The van der Waals surface area contributed by atoms with Gasteiger partial charge in [0.15, 0.2) is 11.4 Å². The third kappa shape index (κ3) is 6.18. The summed E-state index contributed by atoms with van der Waals surface area (Å²) >= 11 is 0. The second kappa shape index (κ2) is 13.6. The first-order chi connectivity index (χ1) is 24.1. The van der Waals surface area contributed by atoms with Crippen LogP contribution in [0.25, 0.3) is 5.57 Å². The number of allylic oxidation sites excluding steroid dienone is 4. The van der Waals surface area contributed by atoms with E-state index in [0.29, 0.717) is 16.7 Å². The number of carboxylic acids is 2. The Morgan fingerprint density at radius 1 is 0.560 bits per heavy atom. The minimum atomic E-state index is -1.47. The van der Waals surface area contributed by atoms with Crippen LogP contribution in [-0.2, 0) is 19.9 Å². The first kappa shape index (κ1) is 32.9. The van der Waals surface area contributed by atoms with Crippen molar-refractivity contribution in [2.24, 2.45) is 0 Å². The summed E-state index contributed by atoms with van der Waals surface area (Å²) in [7, 11) is 0. The summed E-state index contributed by atoms with van der Waals surface area (Å²) < 4.78 is 6.50. The fourth-order valence-electron chi connectivity index (χ4n) is 5.96. The number of aromatic carboxylic acids is 1. The van der Waals surface area contributed by atoms with Crippen molar-refractivity contribution in [3.8, 4) is 11.5 Å². The smallest absolute Gasteiger partial charge is 0.343 e. The summed E-state index contributed by atoms with van der Waals surface area (Å²) in [6.07, 6.45) is 3.58. The van der Waals surface area contributed by atoms with Gasteiger partial charge in [-0.05, 0) is 58.7 Å². The van der Waals surface area contributed by atoms with Crippen LogP contribution in [0.4, 0.5) is 0 Å². The summed E-state index contributed by atoms with van der Waals surface area (Å²) in [6, 6.07) is 35.3. The van der Waals surface area contributed by atoms with Crippen molar-refractivity contribution in [1.29, 1.82) is 0 Å². The largest absolute Gasteiger partial charge is 0.507 e. The van der Waals surface area contributed by atoms with Crippen LogP contribution in [0.1, 0.15) is 48.5 Å². The van der Waals surface area contributed by atoms with E-state index in [4.69, 9.17) is 4.74 Å². The molecule has 0 saturated heterocycles. The van der Waals surface area contributed by atoms with E-state index in [-0.39, 0.29) is 27.8 Å². The Hall–Kier alpha value is -7.00. The number of rotatable bonds is 9. The van der Waals surface area contributed by atoms with Gasteiger partial charge in [-0.2, -0.15) is 0 Å². The fraction of sp³-hybridized carbons (Fsp3) is 0.0244. The maximum absolute atomic E-state index is 14.4. The minimum absolute atomic E-state index is 0.196. The number of aliphatic carboxylic acids is 1. The van der Waals surface area contributed by atoms with E-state index in [1.54, 1.807) is 0 Å². The van der Waals surface area contributed by atoms with Gasteiger partial charge < -0.3 is 25.2 Å². The molecule has 0 heterocycles. The molecular weight excluding hydrogens is 636 g/mol. The van der Waals surface area contributed by atoms with Gasteiger partial charge in [0.05, 0.1) is 0 Å². The molecule has 0 spiro atoms. The molecule has 9 heteroatoms. The lowest BCUT2D eigenvalue weighted by Crippen LogP contribution is -2.35. The number of hydrogen-bond donors (Lipinski definition) is 4. The molecule has 5 aromatic carbocycles. The van der Waals surface area contributed by atoms with Crippen LogP contribution in [0.3, 0.4) is 0 Å². The van der Waals surface area contributed by atoms with Crippen LogP contribution in [0.2, 0.25) is 0 Å². The molecule has 1 aliphatic rings. The number of ether oxygens (including phenoxy) is 1. The number of phenolic OH excluding ortho intramolecular Hbond substituents is 1. The quantitative estimate of drug-likeness (QED) is 0.0747. The van der Waals surface area contributed by atoms with Crippen molar-refractivity contribution in [1.82, 2.24) is 0 Å². The Bertz CT molecular complexity index is 2140. The molecule has 0 bridgehead atoms. The third-order valence-electron chi connectivity index (χ3n) is 8.31. The molecule has 0 atom stereocenters. The number of carbonyl (C=O) groups excluding carboxylic acids is 2. The van der Waals surface area contributed by atoms with Gasteiger partial charge >= 0.3 is 17.9 Å². The minimum Gasteiger partial charge on any atom is -0.507 e. The van der Waals surface area contributed by atoms with Crippen molar-refractivity contribution in [3.05, 3.63) is 196 Å². The second-order valence-electron chi connectivity index (χ2n) is 11.3. The van der Waals surface area contributed by atoms with Crippen LogP contribution < -0.4 is 0 Å². The maximum Gasteiger partial charge on any atom is 0.343 e. The first-order valence-electron chi connectivity index (χ1n) is 15.3. The summed E-state index contributed by atoms with van der Waals surface area (Å²) in [5, 5.41) is 40.7. The van der Waals surface area contributed by atoms with E-state index >= 15 is 0 Å². The van der Waals surface area contributed by atoms with Crippen molar-refractivity contribution >= 4 is 29.3 Å². The van der Waals surface area contributed by atoms with Gasteiger partial charge in [0, 0.05) is 16.7 Å². The highest BCUT2D eigenvalue weighted by Gasteiger charge is 2.41. The van der Waals surface area contributed by atoms with Crippen LogP contribution in [0.15, 0.2) is 157 Å². The SMILES string of the molecule is O=C(O)C1=CC(=C(c2ccc(O)c(C(=O)O)c2)c2ccc(O)c(C(=O)OC(c3ccccc3)(c3ccccc3)c3ccccc3)c2)C=CC1=O. The highest BCUT2D eigenvalue weighted by atomic mass is 16.6. The summed E-state index contributed by atoms with van der Waals surface area (Å²) in [5.74, 6) is -5.46. The van der Waals surface area contributed by atoms with E-state index in [1.807, 2.05) is 91.0 Å². The predicted molar refractivity (Wildman–Crippen MR) is 184 cm³/mol. The zero-order chi connectivity index (χ0) is 35.4. The number of hydrogen-bond acceptors (Lipinski definition) is 7. The molecule has 1 aliphatic carbocycles. The third-order valence-corrected chi connectivity index (χ3v) is 8.31. The first-order valence-corrected chi connectivity index (χ1v) is 15.3. The van der Waals surface area contributed by atoms with Crippen LogP contribution in [0, 0.1) is 0 Å². The fourth-order valence-corrected chi connectivity index (χ4v) is 5.96. The van der Waals surface area contributed by atoms with Crippen molar-refractivity contribution in [3.63, 3.8) is 0 Å². The molecule has 0 saturated carbocycles. The average Bonchev–Trinajstić information content (AvgIpc) is 3.13. The van der Waals surface area contributed by atoms with E-state index in [9.17, 15) is 39.6 Å². The van der Waals surface area contributed by atoms with Crippen LogP contribution in [-0.4, -0.2) is 44.1 Å². The Labute approximate surface area is 286 Å². The Morgan fingerprint density at radius 3 is 1.48 bits per heavy atom. The molecule has 0 aliphatic heterocycles. The molecule has 0 amide bonds. The summed E-state index contributed by atoms with van der Waals surface area (Å²) in [6.45, 7) is 0. The van der Waals surface area contributed by atoms with Crippen molar-refractivity contribution < 1.29 is 44.3 Å². The second-order valence-corrected chi connectivity index (χ2v) is 11.3.